The molecule has 0 aliphatic heterocycles. The Morgan fingerprint density at radius 2 is 2.20 bits per heavy atom. The molecule has 0 saturated heterocycles. The highest BCUT2D eigenvalue weighted by Crippen LogP contribution is 2.20. The second-order valence-corrected chi connectivity index (χ2v) is 5.25. The van der Waals surface area contributed by atoms with Crippen molar-refractivity contribution in [2.24, 2.45) is 13.0 Å². The van der Waals surface area contributed by atoms with Crippen LogP contribution in [0, 0.1) is 5.92 Å². The summed E-state index contributed by atoms with van der Waals surface area (Å²) in [6, 6.07) is 4.18. The molecule has 2 unspecified atom stereocenters. The molecule has 0 aliphatic rings. The van der Waals surface area contributed by atoms with Crippen LogP contribution >= 0.6 is 0 Å². The summed E-state index contributed by atoms with van der Waals surface area (Å²) in [6.07, 6.45) is 5.60. The number of aryl methyl sites for hydroxylation is 1. The van der Waals surface area contributed by atoms with Crippen molar-refractivity contribution in [2.45, 2.75) is 26.4 Å². The van der Waals surface area contributed by atoms with Gasteiger partial charge >= 0.3 is 0 Å². The van der Waals surface area contributed by atoms with E-state index in [-0.39, 0.29) is 18.6 Å². The molecule has 0 aromatic carbocycles. The number of hydrogen-bond donors (Lipinski definition) is 2. The van der Waals surface area contributed by atoms with E-state index in [1.807, 2.05) is 43.2 Å². The Bertz CT molecular complexity index is 538. The van der Waals surface area contributed by atoms with Crippen molar-refractivity contribution in [1.82, 2.24) is 20.1 Å². The van der Waals surface area contributed by atoms with E-state index in [0.29, 0.717) is 0 Å². The van der Waals surface area contributed by atoms with Gasteiger partial charge in [-0.1, -0.05) is 6.92 Å². The van der Waals surface area contributed by atoms with Crippen LogP contribution < -0.4 is 5.32 Å². The fourth-order valence-corrected chi connectivity index (χ4v) is 2.04. The van der Waals surface area contributed by atoms with Crippen molar-refractivity contribution in [3.05, 3.63) is 36.3 Å². The van der Waals surface area contributed by atoms with Crippen molar-refractivity contribution < 1.29 is 5.11 Å². The molecule has 0 spiro atoms. The molecular formula is C15H22N4O. The van der Waals surface area contributed by atoms with Crippen molar-refractivity contribution in [3.8, 4) is 11.3 Å². The molecule has 5 heteroatoms. The molecule has 2 aromatic rings. The molecular weight excluding hydrogens is 252 g/mol. The smallest absolute Gasteiger partial charge is 0.0983 e. The van der Waals surface area contributed by atoms with Crippen molar-refractivity contribution in [1.29, 1.82) is 0 Å². The monoisotopic (exact) mass is 274 g/mol. The minimum absolute atomic E-state index is 0.191. The lowest BCUT2D eigenvalue weighted by Crippen LogP contribution is -2.33. The maximum absolute atomic E-state index is 9.17. The van der Waals surface area contributed by atoms with Crippen LogP contribution in [0.3, 0.4) is 0 Å². The summed E-state index contributed by atoms with van der Waals surface area (Å²) in [7, 11) is 1.92. The summed E-state index contributed by atoms with van der Waals surface area (Å²) in [6.45, 7) is 5.03. The van der Waals surface area contributed by atoms with Crippen molar-refractivity contribution in [2.75, 3.05) is 6.61 Å². The molecule has 2 N–H and O–H groups in total. The van der Waals surface area contributed by atoms with Crippen molar-refractivity contribution in [3.63, 3.8) is 0 Å². The van der Waals surface area contributed by atoms with Gasteiger partial charge < -0.3 is 10.4 Å². The van der Waals surface area contributed by atoms with E-state index in [0.717, 1.165) is 23.4 Å². The van der Waals surface area contributed by atoms with Crippen LogP contribution in [-0.2, 0) is 13.6 Å². The Kier molecular flexibility index (Phi) is 4.87. The lowest BCUT2D eigenvalue weighted by molar-refractivity contribution is 0.207. The van der Waals surface area contributed by atoms with Gasteiger partial charge in [-0.05, 0) is 25.0 Å². The summed E-state index contributed by atoms with van der Waals surface area (Å²) in [5.74, 6) is 0.230. The van der Waals surface area contributed by atoms with Crippen LogP contribution in [-0.4, -0.2) is 32.5 Å². The number of aromatic nitrogens is 3. The number of pyridine rings is 1. The van der Waals surface area contributed by atoms with Crippen LogP contribution in [0.2, 0.25) is 0 Å². The van der Waals surface area contributed by atoms with E-state index in [1.165, 1.54) is 0 Å². The zero-order valence-electron chi connectivity index (χ0n) is 12.2. The zero-order chi connectivity index (χ0) is 14.5. The molecule has 0 aliphatic carbocycles. The molecule has 2 heterocycles. The fourth-order valence-electron chi connectivity index (χ4n) is 2.04. The first-order valence-corrected chi connectivity index (χ1v) is 6.89. The molecule has 0 radical (unpaired) electrons. The molecule has 20 heavy (non-hydrogen) atoms. The van der Waals surface area contributed by atoms with Gasteiger partial charge in [0, 0.05) is 56.0 Å². The van der Waals surface area contributed by atoms with Crippen LogP contribution in [0.15, 0.2) is 30.7 Å². The molecule has 0 amide bonds. The molecule has 0 fully saturated rings. The van der Waals surface area contributed by atoms with Gasteiger partial charge in [-0.15, -0.1) is 0 Å². The molecule has 5 nitrogen and oxygen atoms in total. The van der Waals surface area contributed by atoms with Crippen LogP contribution in [0.5, 0.6) is 0 Å². The fraction of sp³-hybridized carbons (Fsp3) is 0.467. The third kappa shape index (κ3) is 3.43. The number of nitrogens with zero attached hydrogens (tertiary/aromatic N) is 3. The Morgan fingerprint density at radius 3 is 2.85 bits per heavy atom. The summed E-state index contributed by atoms with van der Waals surface area (Å²) >= 11 is 0. The lowest BCUT2D eigenvalue weighted by atomic mass is 10.0. The van der Waals surface area contributed by atoms with Crippen LogP contribution in [0.1, 0.15) is 19.4 Å². The minimum Gasteiger partial charge on any atom is -0.396 e. The molecule has 2 aromatic heterocycles. The SMILES string of the molecule is CC(CO)C(C)NCc1cn(C)nc1-c1cccnc1. The number of aliphatic hydroxyl groups is 1. The Morgan fingerprint density at radius 1 is 1.40 bits per heavy atom. The maximum atomic E-state index is 9.17. The topological polar surface area (TPSA) is 63.0 Å². The van der Waals surface area contributed by atoms with E-state index >= 15 is 0 Å². The zero-order valence-corrected chi connectivity index (χ0v) is 12.2. The third-order valence-electron chi connectivity index (χ3n) is 3.60. The number of hydrogen-bond acceptors (Lipinski definition) is 4. The average Bonchev–Trinajstić information content (AvgIpc) is 2.85. The summed E-state index contributed by atoms with van der Waals surface area (Å²) in [4.78, 5) is 4.15. The summed E-state index contributed by atoms with van der Waals surface area (Å²) in [5, 5.41) is 17.1. The van der Waals surface area contributed by atoms with Gasteiger partial charge in [0.25, 0.3) is 0 Å². The largest absolute Gasteiger partial charge is 0.396 e. The molecule has 2 atom stereocenters. The second-order valence-electron chi connectivity index (χ2n) is 5.25. The highest BCUT2D eigenvalue weighted by Gasteiger charge is 2.14. The van der Waals surface area contributed by atoms with E-state index in [2.05, 4.69) is 22.3 Å². The quantitative estimate of drug-likeness (QED) is 0.839. The normalized spacial score (nSPS) is 14.2. The molecule has 2 rings (SSSR count). The number of nitrogens with one attached hydrogen (secondary N) is 1. The predicted molar refractivity (Wildman–Crippen MR) is 79.0 cm³/mol. The highest BCUT2D eigenvalue weighted by molar-refractivity contribution is 5.61. The Hall–Kier alpha value is -1.72. The number of aliphatic hydroxyl groups excluding tert-OH is 1. The van der Waals surface area contributed by atoms with Gasteiger partial charge in [0.1, 0.15) is 0 Å². The molecule has 108 valence electrons. The highest BCUT2D eigenvalue weighted by atomic mass is 16.3. The Labute approximate surface area is 119 Å². The Balaban J connectivity index is 2.13. The van der Waals surface area contributed by atoms with Crippen LogP contribution in [0.25, 0.3) is 11.3 Å². The average molecular weight is 274 g/mol. The van der Waals surface area contributed by atoms with Crippen molar-refractivity contribution >= 4 is 0 Å². The van der Waals surface area contributed by atoms with E-state index in [4.69, 9.17) is 0 Å². The van der Waals surface area contributed by atoms with E-state index in [1.54, 1.807) is 6.20 Å². The van der Waals surface area contributed by atoms with Gasteiger partial charge in [0.15, 0.2) is 0 Å². The summed E-state index contributed by atoms with van der Waals surface area (Å²) in [5.41, 5.74) is 3.11. The molecule has 0 saturated carbocycles. The molecule has 0 bridgehead atoms. The van der Waals surface area contributed by atoms with Gasteiger partial charge in [-0.3, -0.25) is 9.67 Å². The number of rotatable bonds is 6. The van der Waals surface area contributed by atoms with Gasteiger partial charge in [-0.25, -0.2) is 0 Å². The predicted octanol–water partition coefficient (Wildman–Crippen LogP) is 1.59. The third-order valence-corrected chi connectivity index (χ3v) is 3.60. The van der Waals surface area contributed by atoms with Gasteiger partial charge in [0.05, 0.1) is 5.69 Å². The minimum atomic E-state index is 0.191. The van der Waals surface area contributed by atoms with Gasteiger partial charge in [0.2, 0.25) is 0 Å². The maximum Gasteiger partial charge on any atom is 0.0983 e. The first kappa shape index (κ1) is 14.7. The van der Waals surface area contributed by atoms with Gasteiger partial charge in [-0.2, -0.15) is 5.10 Å². The lowest BCUT2D eigenvalue weighted by Gasteiger charge is -2.19. The van der Waals surface area contributed by atoms with E-state index in [9.17, 15) is 5.11 Å². The summed E-state index contributed by atoms with van der Waals surface area (Å²) < 4.78 is 1.82. The van der Waals surface area contributed by atoms with Crippen LogP contribution in [0.4, 0.5) is 0 Å². The second kappa shape index (κ2) is 6.63. The van der Waals surface area contributed by atoms with E-state index < -0.39 is 0 Å². The first-order chi connectivity index (χ1) is 9.61. The standard InChI is InChI=1S/C15H22N4O/c1-11(10-20)12(2)17-8-14-9-19(3)18-15(14)13-5-4-6-16-7-13/h4-7,9,11-12,17,20H,8,10H2,1-3H3. The first-order valence-electron chi connectivity index (χ1n) is 6.89.